The van der Waals surface area contributed by atoms with Gasteiger partial charge in [0, 0.05) is 42.0 Å². The number of carbonyl (C=O) groups excluding carboxylic acids is 2. The Morgan fingerprint density at radius 1 is 0.745 bits per heavy atom. The van der Waals surface area contributed by atoms with Crippen LogP contribution in [0.15, 0.2) is 126 Å². The molecular weight excluding hydrogens is 715 g/mol. The van der Waals surface area contributed by atoms with Crippen LogP contribution in [0, 0.1) is 0 Å². The molecule has 5 aromatic rings. The van der Waals surface area contributed by atoms with Crippen LogP contribution in [0.4, 0.5) is 11.4 Å². The van der Waals surface area contributed by atoms with Crippen molar-refractivity contribution in [2.45, 2.75) is 68.6 Å². The van der Waals surface area contributed by atoms with E-state index in [1.54, 1.807) is 36.0 Å². The number of amides is 2. The number of rotatable bonds is 16. The van der Waals surface area contributed by atoms with Gasteiger partial charge in [-0.3, -0.25) is 9.59 Å². The molecular formula is C44H45N3O7S. The average Bonchev–Trinajstić information content (AvgIpc) is 3.22. The van der Waals surface area contributed by atoms with E-state index in [9.17, 15) is 24.6 Å². The Labute approximate surface area is 325 Å². The Balaban J connectivity index is 1.06. The lowest BCUT2D eigenvalue weighted by molar-refractivity contribution is -0.245. The van der Waals surface area contributed by atoms with Gasteiger partial charge in [0.25, 0.3) is 0 Å². The van der Waals surface area contributed by atoms with E-state index in [0.29, 0.717) is 55.8 Å². The summed E-state index contributed by atoms with van der Waals surface area (Å²) in [5.41, 5.74) is 12.9. The van der Waals surface area contributed by atoms with Crippen LogP contribution in [0.2, 0.25) is 0 Å². The van der Waals surface area contributed by atoms with Gasteiger partial charge in [-0.2, -0.15) is 0 Å². The number of carboxylic acid groups (broad SMARTS) is 1. The van der Waals surface area contributed by atoms with Crippen molar-refractivity contribution < 1.29 is 34.1 Å². The molecule has 1 aliphatic rings. The number of aromatic carboxylic acids is 1. The third-order valence-corrected chi connectivity index (χ3v) is 10.5. The number of ether oxygens (including phenoxy) is 2. The van der Waals surface area contributed by atoms with E-state index in [-0.39, 0.29) is 36.2 Å². The van der Waals surface area contributed by atoms with E-state index in [4.69, 9.17) is 15.2 Å². The van der Waals surface area contributed by atoms with Gasteiger partial charge in [0.1, 0.15) is 0 Å². The Hall–Kier alpha value is -5.46. The first-order valence-electron chi connectivity index (χ1n) is 18.3. The fourth-order valence-corrected chi connectivity index (χ4v) is 7.24. The fraction of sp³-hybridized carbons (Fsp3) is 0.250. The average molecular weight is 760 g/mol. The number of aliphatic hydroxyl groups is 1. The molecule has 0 spiro atoms. The number of nitrogen functional groups attached to an aromatic ring is 1. The van der Waals surface area contributed by atoms with E-state index in [2.05, 4.69) is 22.8 Å². The highest BCUT2D eigenvalue weighted by Gasteiger charge is 2.32. The summed E-state index contributed by atoms with van der Waals surface area (Å²) in [6.07, 6.45) is 1.40. The minimum absolute atomic E-state index is 0.0359. The van der Waals surface area contributed by atoms with Crippen LogP contribution in [-0.4, -0.2) is 39.9 Å². The number of anilines is 2. The van der Waals surface area contributed by atoms with Crippen molar-refractivity contribution in [2.24, 2.45) is 0 Å². The minimum atomic E-state index is -0.958. The van der Waals surface area contributed by atoms with Gasteiger partial charge in [0.05, 0.1) is 35.8 Å². The summed E-state index contributed by atoms with van der Waals surface area (Å²) >= 11 is 1.61. The van der Waals surface area contributed by atoms with Gasteiger partial charge in [-0.25, -0.2) is 4.79 Å². The fourth-order valence-electron chi connectivity index (χ4n) is 6.32. The van der Waals surface area contributed by atoms with E-state index in [0.717, 1.165) is 38.3 Å². The Kier molecular flexibility index (Phi) is 13.7. The van der Waals surface area contributed by atoms with Crippen LogP contribution in [-0.2, 0) is 32.2 Å². The zero-order valence-electron chi connectivity index (χ0n) is 30.4. The zero-order chi connectivity index (χ0) is 38.6. The van der Waals surface area contributed by atoms with Crippen molar-refractivity contribution in [1.82, 2.24) is 5.32 Å². The molecule has 1 fully saturated rings. The first-order chi connectivity index (χ1) is 26.7. The third kappa shape index (κ3) is 11.3. The Bertz CT molecular complexity index is 2070. The van der Waals surface area contributed by atoms with Crippen molar-refractivity contribution in [3.05, 3.63) is 149 Å². The van der Waals surface area contributed by atoms with Gasteiger partial charge in [0.15, 0.2) is 6.29 Å². The van der Waals surface area contributed by atoms with E-state index >= 15 is 0 Å². The lowest BCUT2D eigenvalue weighted by Crippen LogP contribution is -2.31. The molecule has 1 aliphatic heterocycles. The summed E-state index contributed by atoms with van der Waals surface area (Å²) < 4.78 is 13.2. The summed E-state index contributed by atoms with van der Waals surface area (Å²) in [6, 6.07) is 37.8. The quantitative estimate of drug-likeness (QED) is 0.0379. The predicted octanol–water partition coefficient (Wildman–Crippen LogP) is 8.28. The van der Waals surface area contributed by atoms with Crippen molar-refractivity contribution in [2.75, 3.05) is 16.8 Å². The second-order valence-corrected chi connectivity index (χ2v) is 14.5. The molecule has 284 valence electrons. The van der Waals surface area contributed by atoms with E-state index in [1.165, 1.54) is 0 Å². The summed E-state index contributed by atoms with van der Waals surface area (Å²) in [6.45, 7) is 0.343. The highest BCUT2D eigenvalue weighted by Crippen LogP contribution is 2.40. The van der Waals surface area contributed by atoms with Crippen LogP contribution in [0.3, 0.4) is 0 Å². The maximum absolute atomic E-state index is 12.6. The van der Waals surface area contributed by atoms with Crippen LogP contribution in [0.5, 0.6) is 0 Å². The molecule has 6 N–H and O–H groups in total. The molecule has 5 aromatic carbocycles. The SMILES string of the molecule is Nc1ccccc1NC(=O)CCCCC(=O)NCc1cccc(-c2cccc([C@@H]3O[C@H](CSc4ccc(C(=O)O)cc4)C[C@H](c4ccc(CO)cc4)O3)c2)c1. The monoisotopic (exact) mass is 759 g/mol. The number of thioether (sulfide) groups is 1. The van der Waals surface area contributed by atoms with Gasteiger partial charge in [-0.05, 0) is 89.2 Å². The Morgan fingerprint density at radius 2 is 1.45 bits per heavy atom. The molecule has 0 radical (unpaired) electrons. The highest BCUT2D eigenvalue weighted by atomic mass is 32.2. The molecule has 10 nitrogen and oxygen atoms in total. The Morgan fingerprint density at radius 3 is 2.18 bits per heavy atom. The standard InChI is InChI=1S/C44H45N3O7S/c45-38-11-1-2-12-39(38)47-42(50)14-4-3-13-41(49)46-26-30-7-5-8-33(23-30)34-9-6-10-35(24-34)44-53-36(28-55-37-21-19-32(20-22-37)43(51)52)25-40(54-44)31-17-15-29(27-48)16-18-31/h1-2,5-12,15-24,36,40,44,48H,3-4,13-14,25-28,45H2,(H,46,49)(H,47,50)(H,51,52)/t36-,40+,44+/m0/s1. The summed E-state index contributed by atoms with van der Waals surface area (Å²) in [5.74, 6) is -0.516. The molecule has 11 heteroatoms. The second kappa shape index (κ2) is 19.2. The van der Waals surface area contributed by atoms with Gasteiger partial charge in [-0.1, -0.05) is 72.8 Å². The van der Waals surface area contributed by atoms with Gasteiger partial charge < -0.3 is 36.1 Å². The molecule has 1 saturated heterocycles. The zero-order valence-corrected chi connectivity index (χ0v) is 31.2. The maximum Gasteiger partial charge on any atom is 0.335 e. The summed E-state index contributed by atoms with van der Waals surface area (Å²) in [5, 5.41) is 24.7. The number of hydrogen-bond donors (Lipinski definition) is 5. The van der Waals surface area contributed by atoms with Gasteiger partial charge >= 0.3 is 5.97 Å². The highest BCUT2D eigenvalue weighted by molar-refractivity contribution is 7.99. The van der Waals surface area contributed by atoms with Crippen LogP contribution < -0.4 is 16.4 Å². The number of nitrogens with two attached hydrogens (primary N) is 1. The van der Waals surface area contributed by atoms with E-state index < -0.39 is 12.3 Å². The maximum atomic E-state index is 12.6. The molecule has 1 heterocycles. The minimum Gasteiger partial charge on any atom is -0.478 e. The molecule has 0 aromatic heterocycles. The summed E-state index contributed by atoms with van der Waals surface area (Å²) in [7, 11) is 0. The van der Waals surface area contributed by atoms with Crippen molar-refractivity contribution in [3.63, 3.8) is 0 Å². The molecule has 6 rings (SSSR count). The number of nitrogens with one attached hydrogen (secondary N) is 2. The van der Waals surface area contributed by atoms with Crippen molar-refractivity contribution in [3.8, 4) is 11.1 Å². The first-order valence-corrected chi connectivity index (χ1v) is 19.3. The normalized spacial score (nSPS) is 16.6. The second-order valence-electron chi connectivity index (χ2n) is 13.4. The number of carbonyl (C=O) groups is 3. The number of hydrogen-bond acceptors (Lipinski definition) is 8. The van der Waals surface area contributed by atoms with Gasteiger partial charge in [-0.15, -0.1) is 11.8 Å². The van der Waals surface area contributed by atoms with Crippen molar-refractivity contribution >= 4 is 40.9 Å². The van der Waals surface area contributed by atoms with Gasteiger partial charge in [0.2, 0.25) is 11.8 Å². The molecule has 0 bridgehead atoms. The molecule has 3 atom stereocenters. The molecule has 0 aliphatic carbocycles. The number of benzene rings is 5. The first kappa shape index (κ1) is 39.2. The lowest BCUT2D eigenvalue weighted by Gasteiger charge is -2.36. The molecule has 0 saturated carbocycles. The molecule has 2 amide bonds. The number of aliphatic hydroxyl groups excluding tert-OH is 1. The largest absolute Gasteiger partial charge is 0.478 e. The van der Waals surface area contributed by atoms with Crippen molar-refractivity contribution in [1.29, 1.82) is 0 Å². The summed E-state index contributed by atoms with van der Waals surface area (Å²) in [4.78, 5) is 37.2. The smallest absolute Gasteiger partial charge is 0.335 e. The predicted molar refractivity (Wildman–Crippen MR) is 214 cm³/mol. The molecule has 0 unspecified atom stereocenters. The molecule has 55 heavy (non-hydrogen) atoms. The number of unbranched alkanes of at least 4 members (excludes halogenated alkanes) is 1. The third-order valence-electron chi connectivity index (χ3n) is 9.35. The van der Waals surface area contributed by atoms with Crippen LogP contribution >= 0.6 is 11.8 Å². The van der Waals surface area contributed by atoms with E-state index in [1.807, 2.05) is 84.9 Å². The van der Waals surface area contributed by atoms with Crippen LogP contribution in [0.25, 0.3) is 11.1 Å². The number of para-hydroxylation sites is 2. The lowest BCUT2D eigenvalue weighted by atomic mass is 9.99. The van der Waals surface area contributed by atoms with Crippen LogP contribution in [0.1, 0.15) is 77.1 Å². The number of carboxylic acids is 1. The topological polar surface area (TPSA) is 160 Å².